The monoisotopic (exact) mass is 273 g/mol. The number of nitrogens with one attached hydrogen (secondary N) is 2. The minimum atomic E-state index is -3.56. The van der Waals surface area contributed by atoms with Crippen LogP contribution in [0.4, 0.5) is 5.69 Å². The molecule has 0 fully saturated rings. The quantitative estimate of drug-likeness (QED) is 0.523. The van der Waals surface area contributed by atoms with Gasteiger partial charge in [-0.1, -0.05) is 0 Å². The molecule has 7 heteroatoms. The smallest absolute Gasteiger partial charge is 0.241 e. The normalized spacial score (nSPS) is 12.4. The van der Waals surface area contributed by atoms with E-state index < -0.39 is 15.6 Å². The Balaban J connectivity index is 2.92. The number of hydrazine groups is 1. The third-order valence-electron chi connectivity index (χ3n) is 2.25. The van der Waals surface area contributed by atoms with Gasteiger partial charge >= 0.3 is 0 Å². The molecule has 4 N–H and O–H groups in total. The molecule has 0 aliphatic heterocycles. The van der Waals surface area contributed by atoms with Crippen molar-refractivity contribution in [3.63, 3.8) is 0 Å². The molecule has 1 rings (SSSR count). The van der Waals surface area contributed by atoms with Gasteiger partial charge in [0.05, 0.1) is 17.0 Å². The van der Waals surface area contributed by atoms with Crippen LogP contribution in [0, 0.1) is 0 Å². The average Bonchev–Trinajstić information content (AvgIpc) is 2.27. The first-order valence-corrected chi connectivity index (χ1v) is 6.89. The predicted octanol–water partition coefficient (Wildman–Crippen LogP) is 0.676. The summed E-state index contributed by atoms with van der Waals surface area (Å²) in [5, 5.41) is 0. The van der Waals surface area contributed by atoms with E-state index in [0.717, 1.165) is 0 Å². The zero-order valence-corrected chi connectivity index (χ0v) is 11.5. The Hall–Kier alpha value is -1.15. The topological polar surface area (TPSA) is 93.4 Å². The lowest BCUT2D eigenvalue weighted by atomic mass is 10.1. The second-order valence-electron chi connectivity index (χ2n) is 4.59. The summed E-state index contributed by atoms with van der Waals surface area (Å²) in [4.78, 5) is 0.186. The number of hydrogen-bond acceptors (Lipinski definition) is 5. The van der Waals surface area contributed by atoms with Crippen molar-refractivity contribution in [1.82, 2.24) is 4.72 Å². The highest BCUT2D eigenvalue weighted by molar-refractivity contribution is 7.89. The van der Waals surface area contributed by atoms with Gasteiger partial charge in [0.25, 0.3) is 0 Å². The van der Waals surface area contributed by atoms with E-state index in [1.165, 1.54) is 19.2 Å². The highest BCUT2D eigenvalue weighted by Crippen LogP contribution is 2.15. The summed E-state index contributed by atoms with van der Waals surface area (Å²) in [6, 6.07) is 6.16. The summed E-state index contributed by atoms with van der Waals surface area (Å²) in [5.74, 6) is 5.22. The van der Waals surface area contributed by atoms with Gasteiger partial charge in [-0.3, -0.25) is 5.84 Å². The van der Waals surface area contributed by atoms with Gasteiger partial charge in [-0.05, 0) is 38.1 Å². The Morgan fingerprint density at radius 2 is 1.83 bits per heavy atom. The van der Waals surface area contributed by atoms with Crippen molar-refractivity contribution in [3.05, 3.63) is 24.3 Å². The van der Waals surface area contributed by atoms with Crippen LogP contribution in [0.1, 0.15) is 13.8 Å². The van der Waals surface area contributed by atoms with E-state index in [4.69, 9.17) is 10.6 Å². The Kier molecular flexibility index (Phi) is 4.69. The number of sulfonamides is 1. The molecule has 6 nitrogen and oxygen atoms in total. The number of anilines is 1. The summed E-state index contributed by atoms with van der Waals surface area (Å²) < 4.78 is 31.8. The van der Waals surface area contributed by atoms with E-state index in [1.54, 1.807) is 26.0 Å². The zero-order chi connectivity index (χ0) is 13.8. The van der Waals surface area contributed by atoms with E-state index in [9.17, 15) is 8.42 Å². The maximum atomic E-state index is 12.1. The van der Waals surface area contributed by atoms with Crippen LogP contribution in [-0.4, -0.2) is 27.7 Å². The van der Waals surface area contributed by atoms with Gasteiger partial charge in [0, 0.05) is 12.8 Å². The summed E-state index contributed by atoms with van der Waals surface area (Å²) >= 11 is 0. The molecule has 1 aromatic carbocycles. The van der Waals surface area contributed by atoms with E-state index in [1.807, 2.05) is 0 Å². The van der Waals surface area contributed by atoms with Gasteiger partial charge in [0.2, 0.25) is 10.0 Å². The Morgan fingerprint density at radius 3 is 2.28 bits per heavy atom. The fourth-order valence-electron chi connectivity index (χ4n) is 1.54. The van der Waals surface area contributed by atoms with Crippen molar-refractivity contribution >= 4 is 15.7 Å². The lowest BCUT2D eigenvalue weighted by molar-refractivity contribution is 0.141. The molecular formula is C11H19N3O3S. The number of nitrogen functional groups attached to an aromatic ring is 1. The summed E-state index contributed by atoms with van der Waals surface area (Å²) in [6.07, 6.45) is 0. The van der Waals surface area contributed by atoms with E-state index in [0.29, 0.717) is 5.69 Å². The van der Waals surface area contributed by atoms with Crippen LogP contribution < -0.4 is 16.0 Å². The number of methoxy groups -OCH3 is 1. The molecule has 1 aromatic rings. The Labute approximate surface area is 108 Å². The van der Waals surface area contributed by atoms with Crippen molar-refractivity contribution in [2.24, 2.45) is 5.84 Å². The minimum Gasteiger partial charge on any atom is -0.383 e. The third-order valence-corrected chi connectivity index (χ3v) is 3.96. The molecule has 0 saturated heterocycles. The molecule has 0 aliphatic rings. The first-order valence-electron chi connectivity index (χ1n) is 5.40. The average molecular weight is 273 g/mol. The van der Waals surface area contributed by atoms with Gasteiger partial charge in [0.1, 0.15) is 0 Å². The lowest BCUT2D eigenvalue weighted by Crippen LogP contribution is -2.46. The van der Waals surface area contributed by atoms with Gasteiger partial charge in [-0.25, -0.2) is 13.1 Å². The molecule has 0 heterocycles. The molecule has 18 heavy (non-hydrogen) atoms. The van der Waals surface area contributed by atoms with Crippen molar-refractivity contribution in [2.75, 3.05) is 19.1 Å². The molecule has 0 spiro atoms. The number of hydrogen-bond donors (Lipinski definition) is 3. The van der Waals surface area contributed by atoms with Gasteiger partial charge in [0.15, 0.2) is 0 Å². The van der Waals surface area contributed by atoms with E-state index >= 15 is 0 Å². The molecule has 0 bridgehead atoms. The van der Waals surface area contributed by atoms with Crippen LogP contribution in [0.5, 0.6) is 0 Å². The second-order valence-corrected chi connectivity index (χ2v) is 6.27. The summed E-state index contributed by atoms with van der Waals surface area (Å²) in [5.41, 5.74) is 2.41. The van der Waals surface area contributed by atoms with Gasteiger partial charge < -0.3 is 10.2 Å². The first-order chi connectivity index (χ1) is 8.30. The highest BCUT2D eigenvalue weighted by Gasteiger charge is 2.26. The SMILES string of the molecule is COCC(C)(C)NS(=O)(=O)c1ccc(NN)cc1. The molecule has 0 aliphatic carbocycles. The van der Waals surface area contributed by atoms with E-state index in [2.05, 4.69) is 10.1 Å². The summed E-state index contributed by atoms with van der Waals surface area (Å²) in [6.45, 7) is 3.79. The first kappa shape index (κ1) is 14.9. The van der Waals surface area contributed by atoms with Crippen molar-refractivity contribution < 1.29 is 13.2 Å². The maximum absolute atomic E-state index is 12.1. The van der Waals surface area contributed by atoms with Crippen LogP contribution in [-0.2, 0) is 14.8 Å². The maximum Gasteiger partial charge on any atom is 0.241 e. The van der Waals surface area contributed by atoms with Gasteiger partial charge in [-0.15, -0.1) is 0 Å². The molecule has 0 saturated carbocycles. The molecule has 0 atom stereocenters. The standard InChI is InChI=1S/C11H19N3O3S/c1-11(2,8-17-3)14-18(15,16)10-6-4-9(13-12)5-7-10/h4-7,13-14H,8,12H2,1-3H3. The number of benzene rings is 1. The van der Waals surface area contributed by atoms with Crippen LogP contribution in [0.15, 0.2) is 29.2 Å². The minimum absolute atomic E-state index is 0.186. The summed E-state index contributed by atoms with van der Waals surface area (Å²) in [7, 11) is -2.04. The number of nitrogens with two attached hydrogens (primary N) is 1. The number of rotatable bonds is 6. The van der Waals surface area contributed by atoms with Crippen LogP contribution in [0.25, 0.3) is 0 Å². The number of ether oxygens (including phenoxy) is 1. The molecule has 0 aromatic heterocycles. The second kappa shape index (κ2) is 5.66. The highest BCUT2D eigenvalue weighted by atomic mass is 32.2. The largest absolute Gasteiger partial charge is 0.383 e. The lowest BCUT2D eigenvalue weighted by Gasteiger charge is -2.24. The zero-order valence-electron chi connectivity index (χ0n) is 10.7. The Bertz CT molecular complexity index is 483. The van der Waals surface area contributed by atoms with Crippen LogP contribution in [0.2, 0.25) is 0 Å². The fraction of sp³-hybridized carbons (Fsp3) is 0.455. The third kappa shape index (κ3) is 3.95. The van der Waals surface area contributed by atoms with Crippen LogP contribution in [0.3, 0.4) is 0 Å². The molecule has 0 radical (unpaired) electrons. The van der Waals surface area contributed by atoms with Crippen molar-refractivity contribution in [2.45, 2.75) is 24.3 Å². The molecular weight excluding hydrogens is 254 g/mol. The fourth-order valence-corrected chi connectivity index (χ4v) is 2.94. The molecule has 0 amide bonds. The van der Waals surface area contributed by atoms with E-state index in [-0.39, 0.29) is 11.5 Å². The Morgan fingerprint density at radius 1 is 1.28 bits per heavy atom. The predicted molar refractivity (Wildman–Crippen MR) is 70.5 cm³/mol. The van der Waals surface area contributed by atoms with Crippen molar-refractivity contribution in [1.29, 1.82) is 0 Å². The van der Waals surface area contributed by atoms with Crippen LogP contribution >= 0.6 is 0 Å². The van der Waals surface area contributed by atoms with Gasteiger partial charge in [-0.2, -0.15) is 0 Å². The molecule has 0 unspecified atom stereocenters. The molecule has 102 valence electrons. The van der Waals surface area contributed by atoms with Crippen molar-refractivity contribution in [3.8, 4) is 0 Å².